The van der Waals surface area contributed by atoms with Crippen LogP contribution in [0.4, 0.5) is 17.5 Å². The number of sulfone groups is 1. The monoisotopic (exact) mass is 520 g/mol. The first-order chi connectivity index (χ1) is 17.8. The average molecular weight is 521 g/mol. The summed E-state index contributed by atoms with van der Waals surface area (Å²) < 4.78 is 30.2. The maximum atomic E-state index is 12.4. The van der Waals surface area contributed by atoms with Gasteiger partial charge in [0.1, 0.15) is 11.4 Å². The number of anilines is 3. The Kier molecular flexibility index (Phi) is 6.90. The molecule has 0 aliphatic carbocycles. The highest BCUT2D eigenvalue weighted by Crippen LogP contribution is 2.32. The molecule has 0 spiro atoms. The van der Waals surface area contributed by atoms with Gasteiger partial charge >= 0.3 is 0 Å². The lowest BCUT2D eigenvalue weighted by Crippen LogP contribution is -2.17. The molecule has 0 fully saturated rings. The molecule has 0 radical (unpaired) electrons. The SMILES string of the molecule is CC(C)c1noc(-c2cnc(Nc3ccc4c(c3)CCCS4(=O)=O)nc2N[C@H](CO)c2ccccc2)n1. The molecule has 0 saturated carbocycles. The second-order valence-electron chi connectivity index (χ2n) is 9.23. The molecule has 1 aliphatic heterocycles. The lowest BCUT2D eigenvalue weighted by Gasteiger charge is -2.20. The van der Waals surface area contributed by atoms with Gasteiger partial charge in [-0.2, -0.15) is 9.97 Å². The Hall–Kier alpha value is -3.83. The van der Waals surface area contributed by atoms with Crippen molar-refractivity contribution in [2.75, 3.05) is 23.0 Å². The van der Waals surface area contributed by atoms with Crippen LogP contribution in [0.25, 0.3) is 11.5 Å². The molecule has 5 rings (SSSR count). The number of hydrogen-bond donors (Lipinski definition) is 3. The molecule has 37 heavy (non-hydrogen) atoms. The molecule has 0 saturated heterocycles. The quantitative estimate of drug-likeness (QED) is 0.308. The standard InChI is InChI=1S/C26H28N6O4S/c1-16(2)23-30-25(36-32-23)20-14-27-26(31-24(20)29-21(15-33)17-7-4-3-5-8-17)28-19-10-11-22-18(13-19)9-6-12-37(22,34)35/h3-5,7-8,10-11,13-14,16,21,33H,6,9,12,15H2,1-2H3,(H2,27,28,29,31)/t21-/m1/s1. The predicted octanol–water partition coefficient (Wildman–Crippen LogP) is 4.26. The van der Waals surface area contributed by atoms with Gasteiger partial charge < -0.3 is 20.3 Å². The highest BCUT2D eigenvalue weighted by molar-refractivity contribution is 7.91. The zero-order chi connectivity index (χ0) is 26.0. The van der Waals surface area contributed by atoms with Crippen LogP contribution in [-0.2, 0) is 16.3 Å². The summed E-state index contributed by atoms with van der Waals surface area (Å²) in [7, 11) is -3.24. The van der Waals surface area contributed by atoms with Crippen molar-refractivity contribution < 1.29 is 18.0 Å². The molecule has 192 valence electrons. The first-order valence-electron chi connectivity index (χ1n) is 12.1. The Bertz CT molecular complexity index is 1500. The highest BCUT2D eigenvalue weighted by atomic mass is 32.2. The number of aliphatic hydroxyl groups excluding tert-OH is 1. The molecule has 2 aromatic carbocycles. The van der Waals surface area contributed by atoms with Gasteiger partial charge in [0, 0.05) is 17.8 Å². The van der Waals surface area contributed by atoms with E-state index >= 15 is 0 Å². The summed E-state index contributed by atoms with van der Waals surface area (Å²) in [6, 6.07) is 14.3. The maximum absolute atomic E-state index is 12.4. The minimum absolute atomic E-state index is 0.0816. The first kappa shape index (κ1) is 24.8. The zero-order valence-corrected chi connectivity index (χ0v) is 21.4. The van der Waals surface area contributed by atoms with Crippen molar-refractivity contribution >= 4 is 27.3 Å². The minimum Gasteiger partial charge on any atom is -0.394 e. The number of nitrogens with zero attached hydrogens (tertiary/aromatic N) is 4. The topological polar surface area (TPSA) is 143 Å². The number of nitrogens with one attached hydrogen (secondary N) is 2. The molecular weight excluding hydrogens is 492 g/mol. The molecule has 2 aromatic heterocycles. The Balaban J connectivity index is 1.50. The van der Waals surface area contributed by atoms with E-state index in [1.54, 1.807) is 18.3 Å². The summed E-state index contributed by atoms with van der Waals surface area (Å²) in [4.78, 5) is 14.0. The molecule has 0 unspecified atom stereocenters. The van der Waals surface area contributed by atoms with Gasteiger partial charge in [0.2, 0.25) is 5.95 Å². The van der Waals surface area contributed by atoms with Crippen LogP contribution >= 0.6 is 0 Å². The fourth-order valence-corrected chi connectivity index (χ4v) is 5.80. The van der Waals surface area contributed by atoms with Crippen molar-refractivity contribution in [3.8, 4) is 11.5 Å². The smallest absolute Gasteiger partial charge is 0.263 e. The zero-order valence-electron chi connectivity index (χ0n) is 20.5. The lowest BCUT2D eigenvalue weighted by molar-refractivity contribution is 0.276. The third-order valence-corrected chi connectivity index (χ3v) is 8.08. The van der Waals surface area contributed by atoms with E-state index in [1.165, 1.54) is 0 Å². The van der Waals surface area contributed by atoms with Gasteiger partial charge in [0.25, 0.3) is 5.89 Å². The van der Waals surface area contributed by atoms with E-state index in [1.807, 2.05) is 50.2 Å². The average Bonchev–Trinajstić information content (AvgIpc) is 3.38. The molecular formula is C26H28N6O4S. The Labute approximate surface area is 215 Å². The minimum atomic E-state index is -3.24. The second kappa shape index (κ2) is 10.3. The first-order valence-corrected chi connectivity index (χ1v) is 13.8. The van der Waals surface area contributed by atoms with Crippen LogP contribution in [0.15, 0.2) is 64.1 Å². The van der Waals surface area contributed by atoms with Crippen LogP contribution in [0.2, 0.25) is 0 Å². The van der Waals surface area contributed by atoms with Crippen molar-refractivity contribution in [1.29, 1.82) is 0 Å². The van der Waals surface area contributed by atoms with Crippen LogP contribution in [0.3, 0.4) is 0 Å². The normalized spacial score (nSPS) is 15.2. The number of fused-ring (bicyclic) bond motifs is 1. The summed E-state index contributed by atoms with van der Waals surface area (Å²) in [6.07, 6.45) is 2.88. The van der Waals surface area contributed by atoms with Crippen LogP contribution < -0.4 is 10.6 Å². The summed E-state index contributed by atoms with van der Waals surface area (Å²) in [5.41, 5.74) is 2.84. The number of aliphatic hydroxyl groups is 1. The number of aromatic nitrogens is 4. The van der Waals surface area contributed by atoms with E-state index in [0.717, 1.165) is 11.1 Å². The third-order valence-electron chi connectivity index (χ3n) is 6.18. The number of rotatable bonds is 8. The molecule has 10 nitrogen and oxygen atoms in total. The predicted molar refractivity (Wildman–Crippen MR) is 139 cm³/mol. The van der Waals surface area contributed by atoms with Crippen molar-refractivity contribution in [3.63, 3.8) is 0 Å². The van der Waals surface area contributed by atoms with E-state index in [4.69, 9.17) is 4.52 Å². The molecule has 1 atom stereocenters. The van der Waals surface area contributed by atoms with Gasteiger partial charge in [-0.15, -0.1) is 0 Å². The van der Waals surface area contributed by atoms with E-state index in [2.05, 4.69) is 30.7 Å². The molecule has 11 heteroatoms. The molecule has 1 aliphatic rings. The molecule has 3 heterocycles. The number of benzene rings is 2. The Morgan fingerprint density at radius 2 is 1.92 bits per heavy atom. The van der Waals surface area contributed by atoms with Crippen molar-refractivity contribution in [2.24, 2.45) is 0 Å². The van der Waals surface area contributed by atoms with Gasteiger partial charge in [-0.3, -0.25) is 0 Å². The summed E-state index contributed by atoms with van der Waals surface area (Å²) >= 11 is 0. The fourth-order valence-electron chi connectivity index (χ4n) is 4.22. The largest absolute Gasteiger partial charge is 0.394 e. The van der Waals surface area contributed by atoms with Gasteiger partial charge in [-0.25, -0.2) is 13.4 Å². The Morgan fingerprint density at radius 1 is 1.11 bits per heavy atom. The van der Waals surface area contributed by atoms with Gasteiger partial charge in [-0.1, -0.05) is 49.3 Å². The summed E-state index contributed by atoms with van der Waals surface area (Å²) in [6.45, 7) is 3.77. The third kappa shape index (κ3) is 5.32. The van der Waals surface area contributed by atoms with E-state index in [0.29, 0.717) is 46.6 Å². The van der Waals surface area contributed by atoms with Crippen molar-refractivity contribution in [2.45, 2.75) is 43.5 Å². The summed E-state index contributed by atoms with van der Waals surface area (Å²) in [5.74, 6) is 1.78. The van der Waals surface area contributed by atoms with E-state index in [-0.39, 0.29) is 24.2 Å². The van der Waals surface area contributed by atoms with Crippen LogP contribution in [0.1, 0.15) is 49.2 Å². The van der Waals surface area contributed by atoms with Crippen molar-refractivity contribution in [1.82, 2.24) is 20.1 Å². The number of aryl methyl sites for hydroxylation is 1. The molecule has 3 N–H and O–H groups in total. The van der Waals surface area contributed by atoms with Gasteiger partial charge in [0.05, 0.1) is 23.3 Å². The molecule has 4 aromatic rings. The van der Waals surface area contributed by atoms with Gasteiger partial charge in [-0.05, 0) is 42.2 Å². The maximum Gasteiger partial charge on any atom is 0.263 e. The lowest BCUT2D eigenvalue weighted by atomic mass is 10.1. The van der Waals surface area contributed by atoms with E-state index < -0.39 is 15.9 Å². The van der Waals surface area contributed by atoms with Crippen LogP contribution in [-0.4, -0.2) is 46.0 Å². The van der Waals surface area contributed by atoms with Gasteiger partial charge in [0.15, 0.2) is 15.7 Å². The fraction of sp³-hybridized carbons (Fsp3) is 0.308. The molecule has 0 bridgehead atoms. The summed E-state index contributed by atoms with van der Waals surface area (Å²) in [5, 5.41) is 20.6. The van der Waals surface area contributed by atoms with Crippen LogP contribution in [0, 0.1) is 0 Å². The Morgan fingerprint density at radius 3 is 2.65 bits per heavy atom. The number of hydrogen-bond acceptors (Lipinski definition) is 10. The van der Waals surface area contributed by atoms with E-state index in [9.17, 15) is 13.5 Å². The van der Waals surface area contributed by atoms with Crippen molar-refractivity contribution in [3.05, 3.63) is 71.7 Å². The second-order valence-corrected chi connectivity index (χ2v) is 11.3. The highest BCUT2D eigenvalue weighted by Gasteiger charge is 2.24. The van der Waals surface area contributed by atoms with Crippen LogP contribution in [0.5, 0.6) is 0 Å². The molecule has 0 amide bonds.